The highest BCUT2D eigenvalue weighted by molar-refractivity contribution is 7.98. The predicted octanol–water partition coefficient (Wildman–Crippen LogP) is 5.99. The maximum absolute atomic E-state index is 6.07. The molecule has 0 radical (unpaired) electrons. The molecule has 1 aromatic heterocycles. The van der Waals surface area contributed by atoms with Crippen molar-refractivity contribution in [3.63, 3.8) is 0 Å². The molecule has 0 aliphatic heterocycles. The van der Waals surface area contributed by atoms with Gasteiger partial charge in [0.25, 0.3) is 0 Å². The van der Waals surface area contributed by atoms with Crippen LogP contribution in [0.1, 0.15) is 5.56 Å². The number of hydrogen-bond acceptors (Lipinski definition) is 2. The Hall–Kier alpha value is -0.120. The van der Waals surface area contributed by atoms with Gasteiger partial charge in [0.1, 0.15) is 5.15 Å². The number of hydrogen-bond donors (Lipinski definition) is 0. The lowest BCUT2D eigenvalue weighted by Crippen LogP contribution is -1.86. The first kappa shape index (κ1) is 14.3. The summed E-state index contributed by atoms with van der Waals surface area (Å²) >= 11 is 25.2. The summed E-state index contributed by atoms with van der Waals surface area (Å²) in [4.78, 5) is 5.03. The molecular weight excluding hydrogens is 332 g/mol. The van der Waals surface area contributed by atoms with Crippen LogP contribution in [0.5, 0.6) is 0 Å². The number of aromatic nitrogens is 1. The van der Waals surface area contributed by atoms with Crippen molar-refractivity contribution in [1.82, 2.24) is 4.98 Å². The largest absolute Gasteiger partial charge is 0.244 e. The number of benzene rings is 1. The van der Waals surface area contributed by atoms with E-state index in [1.165, 1.54) is 0 Å². The van der Waals surface area contributed by atoms with Crippen molar-refractivity contribution in [3.05, 3.63) is 56.2 Å². The van der Waals surface area contributed by atoms with Crippen molar-refractivity contribution in [1.29, 1.82) is 0 Å². The molecule has 0 aliphatic rings. The maximum atomic E-state index is 6.07. The molecule has 0 unspecified atom stereocenters. The Morgan fingerprint density at radius 3 is 2.39 bits per heavy atom. The van der Waals surface area contributed by atoms with Gasteiger partial charge < -0.3 is 0 Å². The molecule has 2 aromatic rings. The molecule has 18 heavy (non-hydrogen) atoms. The Balaban J connectivity index is 2.09. The van der Waals surface area contributed by atoms with Crippen molar-refractivity contribution < 1.29 is 0 Å². The summed E-state index contributed by atoms with van der Waals surface area (Å²) in [5.41, 5.74) is 0.928. The van der Waals surface area contributed by atoms with E-state index >= 15 is 0 Å². The van der Waals surface area contributed by atoms with Crippen LogP contribution in [0, 0.1) is 0 Å². The fourth-order valence-corrected chi connectivity index (χ4v) is 3.06. The Bertz CT molecular complexity index is 574. The number of rotatable bonds is 3. The van der Waals surface area contributed by atoms with Gasteiger partial charge in [-0.25, -0.2) is 4.98 Å². The van der Waals surface area contributed by atoms with Crippen LogP contribution >= 0.6 is 58.2 Å². The van der Waals surface area contributed by atoms with Gasteiger partial charge in [-0.1, -0.05) is 46.4 Å². The van der Waals surface area contributed by atoms with Gasteiger partial charge in [-0.2, -0.15) is 0 Å². The molecule has 94 valence electrons. The summed E-state index contributed by atoms with van der Waals surface area (Å²) in [5.74, 6) is 0.695. The molecule has 0 saturated carbocycles. The highest BCUT2D eigenvalue weighted by Crippen LogP contribution is 2.31. The highest BCUT2D eigenvalue weighted by Gasteiger charge is 2.05. The van der Waals surface area contributed by atoms with Crippen LogP contribution in [0.4, 0.5) is 0 Å². The van der Waals surface area contributed by atoms with E-state index in [1.807, 2.05) is 12.1 Å². The standard InChI is InChI=1S/C12H7Cl4NS/c13-9-2-1-8(3-11(9)15)18-6-7-5-17-12(16)4-10(7)14/h1-5H,6H2. The minimum atomic E-state index is 0.392. The van der Waals surface area contributed by atoms with Crippen LogP contribution in [-0.2, 0) is 5.75 Å². The lowest BCUT2D eigenvalue weighted by molar-refractivity contribution is 1.25. The van der Waals surface area contributed by atoms with Gasteiger partial charge in [0.2, 0.25) is 0 Å². The van der Waals surface area contributed by atoms with Crippen LogP contribution < -0.4 is 0 Å². The summed E-state index contributed by atoms with van der Waals surface area (Å²) < 4.78 is 0. The SMILES string of the molecule is Clc1cc(Cl)c(CSc2ccc(Cl)c(Cl)c2)cn1. The van der Waals surface area contributed by atoms with E-state index in [9.17, 15) is 0 Å². The molecule has 0 saturated heterocycles. The van der Waals surface area contributed by atoms with E-state index in [-0.39, 0.29) is 0 Å². The summed E-state index contributed by atoms with van der Waals surface area (Å²) in [6.07, 6.45) is 1.68. The van der Waals surface area contributed by atoms with Gasteiger partial charge in [-0.3, -0.25) is 0 Å². The van der Waals surface area contributed by atoms with Crippen LogP contribution in [0.25, 0.3) is 0 Å². The van der Waals surface area contributed by atoms with Crippen molar-refractivity contribution in [3.8, 4) is 0 Å². The molecule has 1 heterocycles. The number of nitrogens with zero attached hydrogens (tertiary/aromatic N) is 1. The van der Waals surface area contributed by atoms with Gasteiger partial charge in [0.15, 0.2) is 0 Å². The number of thioether (sulfide) groups is 1. The van der Waals surface area contributed by atoms with Gasteiger partial charge in [0.05, 0.1) is 10.0 Å². The lowest BCUT2D eigenvalue weighted by Gasteiger charge is -2.05. The first-order chi connectivity index (χ1) is 8.56. The summed E-state index contributed by atoms with van der Waals surface area (Å²) in [5, 5.41) is 2.10. The number of halogens is 4. The van der Waals surface area contributed by atoms with Crippen molar-refractivity contribution >= 4 is 58.2 Å². The second-order valence-corrected chi connectivity index (χ2v) is 6.12. The Morgan fingerprint density at radius 2 is 1.72 bits per heavy atom. The fraction of sp³-hybridized carbons (Fsp3) is 0.0833. The molecule has 1 nitrogen and oxygen atoms in total. The molecule has 0 N–H and O–H groups in total. The zero-order chi connectivity index (χ0) is 13.1. The number of pyridine rings is 1. The van der Waals surface area contributed by atoms with E-state index in [2.05, 4.69) is 4.98 Å². The van der Waals surface area contributed by atoms with E-state index < -0.39 is 0 Å². The maximum Gasteiger partial charge on any atom is 0.130 e. The van der Waals surface area contributed by atoms with Crippen LogP contribution in [0.15, 0.2) is 35.4 Å². The minimum Gasteiger partial charge on any atom is -0.244 e. The monoisotopic (exact) mass is 337 g/mol. The third kappa shape index (κ3) is 3.69. The first-order valence-corrected chi connectivity index (χ1v) is 7.44. The topological polar surface area (TPSA) is 12.9 Å². The zero-order valence-corrected chi connectivity index (χ0v) is 12.8. The first-order valence-electron chi connectivity index (χ1n) is 4.94. The molecule has 0 amide bonds. The third-order valence-corrected chi connectivity index (χ3v) is 4.52. The summed E-state index contributed by atoms with van der Waals surface area (Å²) in [6.45, 7) is 0. The molecule has 6 heteroatoms. The molecule has 0 bridgehead atoms. The molecular formula is C12H7Cl4NS. The van der Waals surface area contributed by atoms with Gasteiger partial charge in [-0.15, -0.1) is 11.8 Å². The third-order valence-electron chi connectivity index (χ3n) is 2.18. The predicted molar refractivity (Wildman–Crippen MR) is 80.3 cm³/mol. The second-order valence-electron chi connectivity index (χ2n) is 3.46. The Kier molecular flexibility index (Phi) is 5.05. The Morgan fingerprint density at radius 1 is 0.944 bits per heavy atom. The average Bonchev–Trinajstić information content (AvgIpc) is 2.32. The van der Waals surface area contributed by atoms with E-state index in [0.717, 1.165) is 10.5 Å². The normalized spacial score (nSPS) is 10.7. The molecule has 2 rings (SSSR count). The van der Waals surface area contributed by atoms with Crippen molar-refractivity contribution in [2.45, 2.75) is 10.6 Å². The molecule has 0 spiro atoms. The second kappa shape index (κ2) is 6.36. The van der Waals surface area contributed by atoms with Crippen LogP contribution in [-0.4, -0.2) is 4.98 Å². The van der Waals surface area contributed by atoms with Gasteiger partial charge >= 0.3 is 0 Å². The zero-order valence-electron chi connectivity index (χ0n) is 8.96. The average molecular weight is 339 g/mol. The molecule has 0 atom stereocenters. The van der Waals surface area contributed by atoms with E-state index in [0.29, 0.717) is 26.0 Å². The van der Waals surface area contributed by atoms with Crippen LogP contribution in [0.2, 0.25) is 20.2 Å². The van der Waals surface area contributed by atoms with E-state index in [4.69, 9.17) is 46.4 Å². The quantitative estimate of drug-likeness (QED) is 0.503. The van der Waals surface area contributed by atoms with Crippen molar-refractivity contribution in [2.24, 2.45) is 0 Å². The molecule has 1 aromatic carbocycles. The van der Waals surface area contributed by atoms with Gasteiger partial charge in [-0.05, 0) is 29.8 Å². The highest BCUT2D eigenvalue weighted by atomic mass is 35.5. The smallest absolute Gasteiger partial charge is 0.130 e. The summed E-state index contributed by atoms with van der Waals surface area (Å²) in [7, 11) is 0. The molecule has 0 fully saturated rings. The summed E-state index contributed by atoms with van der Waals surface area (Å²) in [6, 6.07) is 7.14. The van der Waals surface area contributed by atoms with Gasteiger partial charge in [0, 0.05) is 21.9 Å². The molecule has 0 aliphatic carbocycles. The van der Waals surface area contributed by atoms with Crippen LogP contribution in [0.3, 0.4) is 0 Å². The lowest BCUT2D eigenvalue weighted by atomic mass is 10.3. The fourth-order valence-electron chi connectivity index (χ4n) is 1.27. The van der Waals surface area contributed by atoms with E-state index in [1.54, 1.807) is 30.1 Å². The Labute approximate surface area is 129 Å². The van der Waals surface area contributed by atoms with Crippen molar-refractivity contribution in [2.75, 3.05) is 0 Å². The minimum absolute atomic E-state index is 0.392.